The zero-order valence-corrected chi connectivity index (χ0v) is 16.4. The lowest BCUT2D eigenvalue weighted by molar-refractivity contribution is -0.0111. The van der Waals surface area contributed by atoms with Gasteiger partial charge in [0.25, 0.3) is 5.91 Å². The summed E-state index contributed by atoms with van der Waals surface area (Å²) >= 11 is 0. The Morgan fingerprint density at radius 1 is 1.25 bits per heavy atom. The van der Waals surface area contributed by atoms with Crippen LogP contribution in [0.5, 0.6) is 0 Å². The van der Waals surface area contributed by atoms with Crippen LogP contribution >= 0.6 is 0 Å². The van der Waals surface area contributed by atoms with E-state index in [0.29, 0.717) is 23.5 Å². The lowest BCUT2D eigenvalue weighted by Gasteiger charge is -2.37. The number of carbonyl (C=O) groups is 1. The Balaban J connectivity index is 1.62. The number of aryl methyl sites for hydroxylation is 1. The van der Waals surface area contributed by atoms with E-state index in [-0.39, 0.29) is 11.7 Å². The van der Waals surface area contributed by atoms with E-state index < -0.39 is 0 Å². The third kappa shape index (κ3) is 4.00. The van der Waals surface area contributed by atoms with Gasteiger partial charge in [0.15, 0.2) is 0 Å². The maximum Gasteiger partial charge on any atom is 0.282 e. The van der Waals surface area contributed by atoms with Crippen LogP contribution in [0.2, 0.25) is 0 Å². The predicted octanol–water partition coefficient (Wildman–Crippen LogP) is 2.02. The maximum absolute atomic E-state index is 12.7. The molecule has 1 amide bonds. The number of nitrogens with zero attached hydrogens (tertiary/aromatic N) is 3. The number of piperidine rings is 1. The van der Waals surface area contributed by atoms with Crippen molar-refractivity contribution in [3.63, 3.8) is 0 Å². The molecule has 2 aliphatic rings. The van der Waals surface area contributed by atoms with E-state index in [9.17, 15) is 4.79 Å². The van der Waals surface area contributed by atoms with Gasteiger partial charge >= 0.3 is 0 Å². The van der Waals surface area contributed by atoms with Gasteiger partial charge in [-0.05, 0) is 44.9 Å². The zero-order valence-electron chi connectivity index (χ0n) is 16.4. The van der Waals surface area contributed by atoms with Gasteiger partial charge in [-0.1, -0.05) is 11.6 Å². The van der Waals surface area contributed by atoms with Gasteiger partial charge in [0.2, 0.25) is 0 Å². The number of fused-ring (bicyclic) bond motifs is 1. The van der Waals surface area contributed by atoms with Crippen molar-refractivity contribution in [3.8, 4) is 0 Å². The van der Waals surface area contributed by atoms with Crippen LogP contribution in [0.1, 0.15) is 35.7 Å². The number of amides is 1. The Kier molecular flexibility index (Phi) is 5.28. The van der Waals surface area contributed by atoms with Gasteiger partial charge in [0.1, 0.15) is 11.7 Å². The van der Waals surface area contributed by atoms with E-state index in [2.05, 4.69) is 15.2 Å². The topological polar surface area (TPSA) is 92.8 Å². The van der Waals surface area contributed by atoms with Crippen molar-refractivity contribution >= 4 is 28.5 Å². The number of aromatic nitrogens is 1. The fourth-order valence-corrected chi connectivity index (χ4v) is 3.83. The average molecular weight is 381 g/mol. The van der Waals surface area contributed by atoms with Crippen molar-refractivity contribution < 1.29 is 9.53 Å². The van der Waals surface area contributed by atoms with Crippen molar-refractivity contribution in [1.82, 2.24) is 10.3 Å². The summed E-state index contributed by atoms with van der Waals surface area (Å²) in [7, 11) is 0. The Hall–Kier alpha value is -2.51. The highest BCUT2D eigenvalue weighted by Gasteiger charge is 2.27. The Bertz CT molecular complexity index is 910. The molecule has 0 spiro atoms. The van der Waals surface area contributed by atoms with Crippen LogP contribution in [0.4, 0.5) is 5.82 Å². The molecule has 2 saturated heterocycles. The number of nitrogens with one attached hydrogen (secondary N) is 1. The quantitative estimate of drug-likeness (QED) is 0.622. The minimum atomic E-state index is -0.335. The summed E-state index contributed by atoms with van der Waals surface area (Å²) in [5.41, 5.74) is 8.19. The van der Waals surface area contributed by atoms with Gasteiger partial charge in [-0.2, -0.15) is 4.99 Å². The summed E-state index contributed by atoms with van der Waals surface area (Å²) < 4.78 is 5.25. The van der Waals surface area contributed by atoms with Crippen LogP contribution in [-0.2, 0) is 4.74 Å². The van der Waals surface area contributed by atoms with E-state index in [0.717, 1.165) is 55.6 Å². The van der Waals surface area contributed by atoms with Crippen LogP contribution in [0, 0.1) is 6.92 Å². The van der Waals surface area contributed by atoms with E-state index in [1.807, 2.05) is 31.2 Å². The van der Waals surface area contributed by atoms with Gasteiger partial charge in [-0.3, -0.25) is 4.79 Å². The largest absolute Gasteiger partial charge is 0.387 e. The van der Waals surface area contributed by atoms with E-state index >= 15 is 0 Å². The number of pyridine rings is 1. The van der Waals surface area contributed by atoms with Crippen LogP contribution < -0.4 is 16.0 Å². The second-order valence-electron chi connectivity index (χ2n) is 7.78. The lowest BCUT2D eigenvalue weighted by atomic mass is 10.0. The molecule has 0 atom stereocenters. The van der Waals surface area contributed by atoms with Gasteiger partial charge < -0.3 is 20.7 Å². The molecule has 7 heteroatoms. The smallest absolute Gasteiger partial charge is 0.282 e. The number of aliphatic imine (C=N–C) groups is 1. The molecule has 148 valence electrons. The number of nitrogens with two attached hydrogens (primary N) is 1. The second-order valence-corrected chi connectivity index (χ2v) is 7.78. The van der Waals surface area contributed by atoms with Crippen molar-refractivity contribution in [2.75, 3.05) is 31.2 Å². The molecule has 0 unspecified atom stereocenters. The Labute approximate surface area is 165 Å². The monoisotopic (exact) mass is 381 g/mol. The first-order valence-electron chi connectivity index (χ1n) is 9.85. The molecular weight excluding hydrogens is 354 g/mol. The molecule has 2 aromatic rings. The summed E-state index contributed by atoms with van der Waals surface area (Å²) in [6, 6.07) is 8.95. The normalized spacial score (nSPS) is 19.1. The third-order valence-electron chi connectivity index (χ3n) is 5.36. The first kappa shape index (κ1) is 18.8. The number of benzene rings is 1. The maximum atomic E-state index is 12.7. The molecule has 4 rings (SSSR count). The number of anilines is 1. The fourth-order valence-electron chi connectivity index (χ4n) is 3.83. The highest BCUT2D eigenvalue weighted by Crippen LogP contribution is 2.28. The molecule has 3 N–H and O–H groups in total. The van der Waals surface area contributed by atoms with Crippen molar-refractivity contribution in [2.24, 2.45) is 10.7 Å². The SMILES string of the molecule is CC(N)=NC(=O)c1cc2cc(C)ccc2nc1N1CCC(NC2COC2)CC1. The second kappa shape index (κ2) is 7.85. The van der Waals surface area contributed by atoms with Crippen molar-refractivity contribution in [2.45, 2.75) is 38.8 Å². The van der Waals surface area contributed by atoms with Gasteiger partial charge in [-0.25, -0.2) is 4.98 Å². The van der Waals surface area contributed by atoms with Crippen LogP contribution in [0.3, 0.4) is 0 Å². The molecular formula is C21H27N5O2. The fraction of sp³-hybridized carbons (Fsp3) is 0.476. The first-order valence-corrected chi connectivity index (χ1v) is 9.85. The number of rotatable bonds is 4. The summed E-state index contributed by atoms with van der Waals surface area (Å²) in [6.45, 7) is 6.96. The molecule has 2 aliphatic heterocycles. The number of amidine groups is 1. The van der Waals surface area contributed by atoms with Crippen LogP contribution in [-0.4, -0.2) is 55.1 Å². The summed E-state index contributed by atoms with van der Waals surface area (Å²) in [5, 5.41) is 4.59. The van der Waals surface area contributed by atoms with E-state index in [1.165, 1.54) is 0 Å². The standard InChI is InChI=1S/C21H27N5O2/c1-13-3-4-19-15(9-13)10-18(21(27)23-14(2)22)20(25-19)26-7-5-16(6-8-26)24-17-11-28-12-17/h3-4,9-10,16-17,24H,5-8,11-12H2,1-2H3,(H2,22,23,27). The van der Waals surface area contributed by atoms with Gasteiger partial charge in [0.05, 0.1) is 30.3 Å². The lowest BCUT2D eigenvalue weighted by Crippen LogP contribution is -2.53. The van der Waals surface area contributed by atoms with Crippen LogP contribution in [0.25, 0.3) is 10.9 Å². The first-order chi connectivity index (χ1) is 13.5. The molecule has 1 aromatic carbocycles. The van der Waals surface area contributed by atoms with Crippen LogP contribution in [0.15, 0.2) is 29.3 Å². The Morgan fingerprint density at radius 2 is 2.00 bits per heavy atom. The van der Waals surface area contributed by atoms with Gasteiger partial charge in [0, 0.05) is 24.5 Å². The zero-order chi connectivity index (χ0) is 19.7. The summed E-state index contributed by atoms with van der Waals surface area (Å²) in [6.07, 6.45) is 2.02. The molecule has 0 aliphatic carbocycles. The van der Waals surface area contributed by atoms with Crippen molar-refractivity contribution in [3.05, 3.63) is 35.4 Å². The van der Waals surface area contributed by atoms with E-state index in [4.69, 9.17) is 15.5 Å². The molecule has 0 bridgehead atoms. The minimum absolute atomic E-state index is 0.255. The highest BCUT2D eigenvalue weighted by atomic mass is 16.5. The minimum Gasteiger partial charge on any atom is -0.387 e. The molecule has 0 radical (unpaired) electrons. The highest BCUT2D eigenvalue weighted by molar-refractivity contribution is 6.07. The number of ether oxygens (including phenoxy) is 1. The number of carbonyl (C=O) groups excluding carboxylic acids is 1. The Morgan fingerprint density at radius 3 is 2.64 bits per heavy atom. The molecule has 0 saturated carbocycles. The molecule has 28 heavy (non-hydrogen) atoms. The predicted molar refractivity (Wildman–Crippen MR) is 111 cm³/mol. The third-order valence-corrected chi connectivity index (χ3v) is 5.36. The summed E-state index contributed by atoms with van der Waals surface area (Å²) in [4.78, 5) is 23.7. The molecule has 7 nitrogen and oxygen atoms in total. The van der Waals surface area contributed by atoms with Gasteiger partial charge in [-0.15, -0.1) is 0 Å². The average Bonchev–Trinajstić information content (AvgIpc) is 2.63. The number of hydrogen-bond donors (Lipinski definition) is 2. The molecule has 3 heterocycles. The van der Waals surface area contributed by atoms with Crippen molar-refractivity contribution in [1.29, 1.82) is 0 Å². The molecule has 1 aromatic heterocycles. The molecule has 2 fully saturated rings. The number of hydrogen-bond acceptors (Lipinski definition) is 5. The van der Waals surface area contributed by atoms with E-state index in [1.54, 1.807) is 6.92 Å². The summed E-state index contributed by atoms with van der Waals surface area (Å²) in [5.74, 6) is 0.625.